The monoisotopic (exact) mass is 217 g/mol. The molecule has 1 atom stereocenters. The Balaban J connectivity index is 1.93. The molecule has 1 aliphatic carbocycles. The van der Waals surface area contributed by atoms with Crippen LogP contribution in [0.3, 0.4) is 0 Å². The third-order valence-corrected chi connectivity index (χ3v) is 3.58. The first-order valence-electron chi connectivity index (χ1n) is 5.85. The number of hydrogen-bond acceptors (Lipinski definition) is 2. The zero-order chi connectivity index (χ0) is 11.1. The van der Waals surface area contributed by atoms with Crippen molar-refractivity contribution in [2.45, 2.75) is 25.3 Å². The molecule has 1 fully saturated rings. The fourth-order valence-electron chi connectivity index (χ4n) is 2.65. The summed E-state index contributed by atoms with van der Waals surface area (Å²) >= 11 is 0. The molecule has 0 bridgehead atoms. The van der Waals surface area contributed by atoms with Crippen LogP contribution in [0.1, 0.15) is 18.4 Å². The zero-order valence-electron chi connectivity index (χ0n) is 9.10. The fraction of sp³-hybridized carbons (Fsp3) is 0.462. The molecule has 3 heteroatoms. The summed E-state index contributed by atoms with van der Waals surface area (Å²) in [5.41, 5.74) is 2.41. The van der Waals surface area contributed by atoms with Crippen molar-refractivity contribution in [2.75, 3.05) is 11.4 Å². The summed E-state index contributed by atoms with van der Waals surface area (Å²) in [6, 6.07) is 7.85. The van der Waals surface area contributed by atoms with E-state index in [9.17, 15) is 9.90 Å². The highest BCUT2D eigenvalue weighted by Crippen LogP contribution is 2.40. The van der Waals surface area contributed by atoms with Gasteiger partial charge in [0.2, 0.25) is 0 Å². The van der Waals surface area contributed by atoms with E-state index < -0.39 is 5.97 Å². The Morgan fingerprint density at radius 3 is 2.81 bits per heavy atom. The second-order valence-electron chi connectivity index (χ2n) is 4.69. The molecule has 1 aromatic rings. The summed E-state index contributed by atoms with van der Waals surface area (Å²) in [6.45, 7) is 0.854. The number of carboxylic acid groups (broad SMARTS) is 1. The molecule has 1 N–H and O–H groups in total. The van der Waals surface area contributed by atoms with Gasteiger partial charge in [0.15, 0.2) is 0 Å². The van der Waals surface area contributed by atoms with Crippen molar-refractivity contribution >= 4 is 11.7 Å². The number of fused-ring (bicyclic) bond motifs is 1. The predicted octanol–water partition coefficient (Wildman–Crippen LogP) is 1.91. The maximum atomic E-state index is 11.3. The lowest BCUT2D eigenvalue weighted by atomic mass is 10.1. The van der Waals surface area contributed by atoms with Gasteiger partial charge < -0.3 is 10.0 Å². The number of anilines is 1. The first kappa shape index (κ1) is 9.70. The average Bonchev–Trinajstić information content (AvgIpc) is 3.00. The summed E-state index contributed by atoms with van der Waals surface area (Å²) in [5.74, 6) is -0.303. The number of nitrogens with zero attached hydrogens (tertiary/aromatic N) is 1. The Kier molecular flexibility index (Phi) is 2.13. The zero-order valence-corrected chi connectivity index (χ0v) is 9.10. The van der Waals surface area contributed by atoms with Gasteiger partial charge in [-0.1, -0.05) is 18.2 Å². The molecule has 1 unspecified atom stereocenters. The van der Waals surface area contributed by atoms with Crippen LogP contribution in [0.15, 0.2) is 24.3 Å². The minimum absolute atomic E-state index is 0.302. The fourth-order valence-corrected chi connectivity index (χ4v) is 2.65. The summed E-state index contributed by atoms with van der Waals surface area (Å²) in [7, 11) is 0. The average molecular weight is 217 g/mol. The molecule has 0 saturated heterocycles. The van der Waals surface area contributed by atoms with Gasteiger partial charge in [-0.05, 0) is 36.8 Å². The molecule has 3 nitrogen and oxygen atoms in total. The molecular weight excluding hydrogens is 202 g/mol. The largest absolute Gasteiger partial charge is 0.480 e. The van der Waals surface area contributed by atoms with Crippen molar-refractivity contribution in [1.29, 1.82) is 0 Å². The number of para-hydroxylation sites is 1. The van der Waals surface area contributed by atoms with E-state index in [1.54, 1.807) is 0 Å². The first-order valence-corrected chi connectivity index (χ1v) is 5.85. The summed E-state index contributed by atoms with van der Waals surface area (Å²) < 4.78 is 0. The van der Waals surface area contributed by atoms with E-state index in [4.69, 9.17) is 0 Å². The minimum Gasteiger partial charge on any atom is -0.480 e. The lowest BCUT2D eigenvalue weighted by Crippen LogP contribution is -2.41. The third-order valence-electron chi connectivity index (χ3n) is 3.58. The van der Waals surface area contributed by atoms with E-state index >= 15 is 0 Å². The van der Waals surface area contributed by atoms with E-state index in [1.807, 2.05) is 18.2 Å². The molecule has 3 rings (SSSR count). The standard InChI is InChI=1S/C13H15NO2/c15-13(16)12(10-5-6-10)14-8-7-9-3-1-2-4-11(9)14/h1-4,10,12H,5-8H2,(H,15,16). The number of carbonyl (C=O) groups is 1. The number of benzene rings is 1. The Bertz CT molecular complexity index is 426. The van der Waals surface area contributed by atoms with Crippen molar-refractivity contribution in [2.24, 2.45) is 5.92 Å². The highest BCUT2D eigenvalue weighted by Gasteiger charge is 2.42. The Morgan fingerprint density at radius 1 is 1.38 bits per heavy atom. The van der Waals surface area contributed by atoms with Gasteiger partial charge in [-0.3, -0.25) is 0 Å². The van der Waals surface area contributed by atoms with Crippen LogP contribution in [-0.2, 0) is 11.2 Å². The van der Waals surface area contributed by atoms with Crippen molar-refractivity contribution in [3.05, 3.63) is 29.8 Å². The normalized spacial score (nSPS) is 20.6. The van der Waals surface area contributed by atoms with Crippen LogP contribution in [0.4, 0.5) is 5.69 Å². The smallest absolute Gasteiger partial charge is 0.326 e. The Hall–Kier alpha value is -1.51. The molecule has 84 valence electrons. The van der Waals surface area contributed by atoms with Gasteiger partial charge in [0.25, 0.3) is 0 Å². The molecule has 0 aromatic heterocycles. The van der Waals surface area contributed by atoms with Crippen LogP contribution in [0.2, 0.25) is 0 Å². The van der Waals surface area contributed by atoms with Gasteiger partial charge in [-0.25, -0.2) is 4.79 Å². The van der Waals surface area contributed by atoms with Crippen LogP contribution < -0.4 is 4.90 Å². The van der Waals surface area contributed by atoms with Crippen molar-refractivity contribution in [1.82, 2.24) is 0 Å². The van der Waals surface area contributed by atoms with Crippen molar-refractivity contribution in [3.8, 4) is 0 Å². The van der Waals surface area contributed by atoms with E-state index in [0.717, 1.165) is 31.5 Å². The number of aliphatic carboxylic acids is 1. The lowest BCUT2D eigenvalue weighted by molar-refractivity contribution is -0.139. The van der Waals surface area contributed by atoms with E-state index in [0.29, 0.717) is 5.92 Å². The molecule has 0 radical (unpaired) electrons. The van der Waals surface area contributed by atoms with E-state index in [1.165, 1.54) is 5.56 Å². The van der Waals surface area contributed by atoms with Crippen LogP contribution in [0.25, 0.3) is 0 Å². The van der Waals surface area contributed by atoms with E-state index in [2.05, 4.69) is 11.0 Å². The van der Waals surface area contributed by atoms with E-state index in [-0.39, 0.29) is 6.04 Å². The molecule has 0 amide bonds. The molecule has 2 aliphatic rings. The van der Waals surface area contributed by atoms with Gasteiger partial charge >= 0.3 is 5.97 Å². The number of hydrogen-bond donors (Lipinski definition) is 1. The Labute approximate surface area is 94.7 Å². The minimum atomic E-state index is -0.667. The molecule has 0 spiro atoms. The topological polar surface area (TPSA) is 40.5 Å². The van der Waals surface area contributed by atoms with Gasteiger partial charge in [-0.15, -0.1) is 0 Å². The quantitative estimate of drug-likeness (QED) is 0.840. The van der Waals surface area contributed by atoms with Crippen molar-refractivity contribution < 1.29 is 9.90 Å². The maximum absolute atomic E-state index is 11.3. The first-order chi connectivity index (χ1) is 7.77. The lowest BCUT2D eigenvalue weighted by Gasteiger charge is -2.27. The SMILES string of the molecule is O=C(O)C(C1CC1)N1CCc2ccccc21. The highest BCUT2D eigenvalue weighted by molar-refractivity contribution is 5.80. The van der Waals surface area contributed by atoms with Crippen LogP contribution in [0, 0.1) is 5.92 Å². The molecule has 1 aromatic carbocycles. The molecule has 1 heterocycles. The summed E-state index contributed by atoms with van der Waals surface area (Å²) in [5, 5.41) is 9.33. The van der Waals surface area contributed by atoms with Crippen LogP contribution in [-0.4, -0.2) is 23.7 Å². The maximum Gasteiger partial charge on any atom is 0.326 e. The second kappa shape index (κ2) is 3.51. The van der Waals surface area contributed by atoms with Crippen LogP contribution in [0.5, 0.6) is 0 Å². The number of rotatable bonds is 3. The molecule has 1 saturated carbocycles. The van der Waals surface area contributed by atoms with Gasteiger partial charge in [-0.2, -0.15) is 0 Å². The molecular formula is C13H15NO2. The summed E-state index contributed by atoms with van der Waals surface area (Å²) in [6.07, 6.45) is 3.11. The number of carboxylic acids is 1. The van der Waals surface area contributed by atoms with Gasteiger partial charge in [0.1, 0.15) is 6.04 Å². The van der Waals surface area contributed by atoms with Crippen molar-refractivity contribution in [3.63, 3.8) is 0 Å². The second-order valence-corrected chi connectivity index (χ2v) is 4.69. The third kappa shape index (κ3) is 1.47. The predicted molar refractivity (Wildman–Crippen MR) is 61.6 cm³/mol. The van der Waals surface area contributed by atoms with Gasteiger partial charge in [0.05, 0.1) is 0 Å². The summed E-state index contributed by atoms with van der Waals surface area (Å²) in [4.78, 5) is 13.4. The Morgan fingerprint density at radius 2 is 2.12 bits per heavy atom. The highest BCUT2D eigenvalue weighted by atomic mass is 16.4. The molecule has 1 aliphatic heterocycles. The van der Waals surface area contributed by atoms with Gasteiger partial charge in [0, 0.05) is 12.2 Å². The molecule has 16 heavy (non-hydrogen) atoms. The van der Waals surface area contributed by atoms with Crippen LogP contribution >= 0.6 is 0 Å².